The van der Waals surface area contributed by atoms with Gasteiger partial charge in [0.15, 0.2) is 0 Å². The summed E-state index contributed by atoms with van der Waals surface area (Å²) < 4.78 is 46.3. The van der Waals surface area contributed by atoms with Gasteiger partial charge in [-0.3, -0.25) is 29.5 Å². The minimum atomic E-state index is -0.877. The van der Waals surface area contributed by atoms with E-state index < -0.39 is 35.6 Å². The Bertz CT molecular complexity index is 2780. The first kappa shape index (κ1) is 50.5. The molecule has 0 spiro atoms. The lowest BCUT2D eigenvalue weighted by atomic mass is 9.95. The molecule has 0 saturated heterocycles. The summed E-state index contributed by atoms with van der Waals surface area (Å²) in [6, 6.07) is 19.8. The largest absolute Gasteiger partial charge is 0.389 e. The van der Waals surface area contributed by atoms with E-state index in [1.165, 1.54) is 29.3 Å². The van der Waals surface area contributed by atoms with Crippen LogP contribution in [0, 0.1) is 17.2 Å². The van der Waals surface area contributed by atoms with Crippen LogP contribution in [0.2, 0.25) is 5.02 Å². The molecule has 0 aliphatic carbocycles. The summed E-state index contributed by atoms with van der Waals surface area (Å²) in [5.74, 6) is -2.50. The maximum Gasteiger partial charge on any atom is 0.255 e. The lowest BCUT2D eigenvalue weighted by molar-refractivity contribution is -0.129. The predicted octanol–water partition coefficient (Wildman–Crippen LogP) is 6.54. The van der Waals surface area contributed by atoms with Crippen LogP contribution in [0.4, 0.5) is 26.1 Å². The van der Waals surface area contributed by atoms with Gasteiger partial charge in [-0.2, -0.15) is 5.11 Å². The molecule has 6 N–H and O–H groups in total. The molecule has 21 heteroatoms. The Morgan fingerprint density at radius 1 is 0.943 bits per heavy atom. The van der Waals surface area contributed by atoms with Gasteiger partial charge in [-0.25, -0.2) is 24.3 Å². The molecule has 0 saturated carbocycles. The third-order valence-electron chi connectivity index (χ3n) is 11.1. The Kier molecular flexibility index (Phi) is 17.5. The number of benzene rings is 4. The van der Waals surface area contributed by atoms with Crippen molar-refractivity contribution in [3.63, 3.8) is 0 Å². The second-order valence-electron chi connectivity index (χ2n) is 15.9. The van der Waals surface area contributed by atoms with Gasteiger partial charge in [-0.05, 0) is 66.6 Å². The van der Waals surface area contributed by atoms with E-state index >= 15 is 0 Å². The maximum atomic E-state index is 14.9. The fourth-order valence-electron chi connectivity index (χ4n) is 7.75. The number of aliphatic imine (C=N–C) groups is 1. The van der Waals surface area contributed by atoms with E-state index in [1.807, 2.05) is 6.92 Å². The van der Waals surface area contributed by atoms with Crippen LogP contribution in [0.15, 0.2) is 101 Å². The highest BCUT2D eigenvalue weighted by atomic mass is 35.5. The Balaban J connectivity index is 0.790. The minimum Gasteiger partial charge on any atom is -0.389 e. The van der Waals surface area contributed by atoms with Crippen LogP contribution in [0.3, 0.4) is 0 Å². The molecule has 0 bridgehead atoms. The summed E-state index contributed by atoms with van der Waals surface area (Å²) in [7, 11) is 0. The first-order chi connectivity index (χ1) is 34.0. The monoisotopic (exact) mass is 978 g/mol. The van der Waals surface area contributed by atoms with Crippen LogP contribution in [0.25, 0.3) is 17.0 Å². The van der Waals surface area contributed by atoms with Gasteiger partial charge in [-0.1, -0.05) is 49.2 Å². The molecule has 0 fully saturated rings. The van der Waals surface area contributed by atoms with Crippen molar-refractivity contribution in [1.29, 1.82) is 5.53 Å². The summed E-state index contributed by atoms with van der Waals surface area (Å²) in [6.07, 6.45) is 3.57. The number of hydrogen-bond acceptors (Lipinski definition) is 15. The van der Waals surface area contributed by atoms with Crippen molar-refractivity contribution in [3.8, 4) is 11.3 Å². The standard InChI is InChI=1S/C49H49ClF2N10O8/c1-2-4-42(47(66)57-28-63)62-25-30-19-34(12-14-36(30)48(62)67)58-43(65)27-70-18-16-68-15-17-69-26-35(64)23-54-24-41(61-53)29-7-10-33(11-8-29)59-49-56-22-31-21-55-46(44-39(51)5-3-6-40(44)52)38-20-32(50)9-13-37(38)45(31)60-49/h3,5-14,19-20,22,24,28,35,42,53-54,64H,2,4,15-18,21,23,25-27H2,1H3,(H,58,65)(H,56,59,60)(H,57,63,66)/b41-24-,61-53?. The molecule has 2 unspecified atom stereocenters. The van der Waals surface area contributed by atoms with Crippen LogP contribution in [-0.4, -0.2) is 108 Å². The van der Waals surface area contributed by atoms with Crippen molar-refractivity contribution in [2.75, 3.05) is 56.8 Å². The number of carbonyl (C=O) groups is 4. The summed E-state index contributed by atoms with van der Waals surface area (Å²) >= 11 is 6.35. The first-order valence-electron chi connectivity index (χ1n) is 22.2. The summed E-state index contributed by atoms with van der Waals surface area (Å²) in [4.78, 5) is 63.9. The number of halogens is 3. The van der Waals surface area contributed by atoms with Crippen LogP contribution in [0.1, 0.15) is 57.9 Å². The van der Waals surface area contributed by atoms with Crippen molar-refractivity contribution in [3.05, 3.63) is 141 Å². The third kappa shape index (κ3) is 12.6. The van der Waals surface area contributed by atoms with Crippen molar-refractivity contribution < 1.29 is 47.3 Å². The molecule has 2 aliphatic heterocycles. The second kappa shape index (κ2) is 24.3. The van der Waals surface area contributed by atoms with E-state index in [0.717, 1.165) is 0 Å². The second-order valence-corrected chi connectivity index (χ2v) is 16.4. The van der Waals surface area contributed by atoms with E-state index in [-0.39, 0.29) is 82.4 Å². The molecule has 2 aliphatic rings. The van der Waals surface area contributed by atoms with Gasteiger partial charge in [0.2, 0.25) is 24.2 Å². The first-order valence-corrected chi connectivity index (χ1v) is 22.6. The summed E-state index contributed by atoms with van der Waals surface area (Å²) in [6.45, 7) is 2.78. The topological polar surface area (TPSA) is 242 Å². The van der Waals surface area contributed by atoms with Gasteiger partial charge >= 0.3 is 0 Å². The summed E-state index contributed by atoms with van der Waals surface area (Å²) in [5.41, 5.74) is 12.9. The SMILES string of the molecule is CCCC(C(=O)NC=O)N1Cc2cc(NC(=O)COCCOCCOCC(O)CN/C=C(\N=N)c3ccc(Nc4ncc5c(n4)-c4ccc(Cl)cc4C(c4c(F)cccc4F)=NC5)cc3)ccc2C1=O. The van der Waals surface area contributed by atoms with Gasteiger partial charge in [0.25, 0.3) is 5.91 Å². The molecule has 2 atom stereocenters. The smallest absolute Gasteiger partial charge is 0.255 e. The highest BCUT2D eigenvalue weighted by Crippen LogP contribution is 2.35. The number of carbonyl (C=O) groups excluding carboxylic acids is 4. The fourth-order valence-corrected chi connectivity index (χ4v) is 7.93. The molecule has 18 nitrogen and oxygen atoms in total. The lowest BCUT2D eigenvalue weighted by Crippen LogP contribution is -2.46. The molecule has 4 amide bonds. The predicted molar refractivity (Wildman–Crippen MR) is 255 cm³/mol. The highest BCUT2D eigenvalue weighted by Gasteiger charge is 2.36. The molecular formula is C49H49ClF2N10O8. The van der Waals surface area contributed by atoms with Crippen LogP contribution < -0.4 is 21.3 Å². The number of aliphatic hydroxyl groups excluding tert-OH is 1. The average molecular weight is 979 g/mol. The zero-order valence-electron chi connectivity index (χ0n) is 37.8. The van der Waals surface area contributed by atoms with Crippen LogP contribution in [0.5, 0.6) is 0 Å². The van der Waals surface area contributed by atoms with Crippen LogP contribution in [-0.2, 0) is 41.7 Å². The Morgan fingerprint density at radius 2 is 1.67 bits per heavy atom. The van der Waals surface area contributed by atoms with E-state index in [2.05, 4.69) is 36.4 Å². The van der Waals surface area contributed by atoms with Crippen molar-refractivity contribution in [1.82, 2.24) is 25.5 Å². The van der Waals surface area contributed by atoms with E-state index in [1.54, 1.807) is 66.9 Å². The van der Waals surface area contributed by atoms with Gasteiger partial charge in [0.05, 0.1) is 62.7 Å². The van der Waals surface area contributed by atoms with E-state index in [0.29, 0.717) is 80.4 Å². The van der Waals surface area contributed by atoms with Gasteiger partial charge in [0.1, 0.15) is 30.0 Å². The van der Waals surface area contributed by atoms with Crippen molar-refractivity contribution in [2.45, 2.75) is 45.0 Å². The molecule has 3 heterocycles. The Morgan fingerprint density at radius 3 is 2.41 bits per heavy atom. The number of ether oxygens (including phenoxy) is 3. The quantitative estimate of drug-likeness (QED) is 0.0220. The normalized spacial score (nSPS) is 13.8. The maximum absolute atomic E-state index is 14.9. The number of hydrogen-bond donors (Lipinski definition) is 6. The van der Waals surface area contributed by atoms with Gasteiger partial charge < -0.3 is 40.2 Å². The molecule has 5 aromatic rings. The van der Waals surface area contributed by atoms with Gasteiger partial charge in [-0.15, -0.1) is 0 Å². The molecule has 0 radical (unpaired) electrons. The average Bonchev–Trinajstić information content (AvgIpc) is 3.58. The zero-order chi connectivity index (χ0) is 49.6. The molecule has 364 valence electrons. The van der Waals surface area contributed by atoms with E-state index in [9.17, 15) is 33.1 Å². The summed E-state index contributed by atoms with van der Waals surface area (Å²) in [5, 5.41) is 25.4. The number of imide groups is 1. The molecule has 7 rings (SSSR count). The van der Waals surface area contributed by atoms with Crippen molar-refractivity contribution in [2.24, 2.45) is 10.1 Å². The van der Waals surface area contributed by atoms with Gasteiger partial charge in [0, 0.05) is 69.7 Å². The number of nitrogens with zero attached hydrogens (tertiary/aromatic N) is 5. The Hall–Kier alpha value is -7.36. The number of anilines is 3. The molecule has 1 aromatic heterocycles. The third-order valence-corrected chi connectivity index (χ3v) is 11.3. The Labute approximate surface area is 406 Å². The van der Waals surface area contributed by atoms with Crippen molar-refractivity contribution >= 4 is 64.5 Å². The molecular weight excluding hydrogens is 930 g/mol. The zero-order valence-corrected chi connectivity index (χ0v) is 38.6. The number of amides is 4. The number of aromatic nitrogens is 2. The minimum absolute atomic E-state index is 0.0146. The van der Waals surface area contributed by atoms with Crippen LogP contribution >= 0.6 is 11.6 Å². The fraction of sp³-hybridized carbons (Fsp3) is 0.286. The number of fused-ring (bicyclic) bond motifs is 4. The van der Waals surface area contributed by atoms with E-state index in [4.69, 9.17) is 36.3 Å². The molecule has 4 aromatic carbocycles. The number of nitrogens with one attached hydrogen (secondary N) is 5. The molecule has 70 heavy (non-hydrogen) atoms. The lowest BCUT2D eigenvalue weighted by Gasteiger charge is -2.25. The number of rotatable bonds is 24. The highest BCUT2D eigenvalue weighted by molar-refractivity contribution is 6.31. The number of aliphatic hydroxyl groups is 1.